The number of rotatable bonds is 6. The molecule has 0 unspecified atom stereocenters. The number of hydrogen-bond acceptors (Lipinski definition) is 4. The summed E-state index contributed by atoms with van der Waals surface area (Å²) < 4.78 is 13.5. The number of aromatic nitrogens is 1. The largest absolute Gasteiger partial charge is 0.497 e. The van der Waals surface area contributed by atoms with Crippen LogP contribution in [0.2, 0.25) is 0 Å². The van der Waals surface area contributed by atoms with E-state index < -0.39 is 0 Å². The normalized spacial score (nSPS) is 18.0. The molecule has 2 aromatic carbocycles. The van der Waals surface area contributed by atoms with Crippen molar-refractivity contribution in [1.29, 1.82) is 0 Å². The lowest BCUT2D eigenvalue weighted by Crippen LogP contribution is -2.38. The van der Waals surface area contributed by atoms with Gasteiger partial charge < -0.3 is 19.4 Å². The van der Waals surface area contributed by atoms with Gasteiger partial charge in [0.1, 0.15) is 22.8 Å². The van der Waals surface area contributed by atoms with Crippen molar-refractivity contribution < 1.29 is 14.3 Å². The minimum absolute atomic E-state index is 0.0142. The summed E-state index contributed by atoms with van der Waals surface area (Å²) in [5, 5.41) is 4.19. The number of hydrogen-bond donors (Lipinski definition) is 1. The number of aryl methyl sites for hydroxylation is 1. The molecule has 180 valence electrons. The zero-order chi connectivity index (χ0) is 23.9. The monoisotopic (exact) mass is 461 g/mol. The molecule has 2 aliphatic rings. The molecule has 6 nitrogen and oxygen atoms in total. The van der Waals surface area contributed by atoms with Crippen LogP contribution in [0.3, 0.4) is 0 Å². The molecule has 1 saturated heterocycles. The molecule has 3 heterocycles. The number of benzene rings is 2. The van der Waals surface area contributed by atoms with E-state index in [1.807, 2.05) is 35.9 Å². The van der Waals surface area contributed by atoms with Gasteiger partial charge in [-0.15, -0.1) is 0 Å². The first-order valence-electron chi connectivity index (χ1n) is 12.3. The molecular formula is C28H35N3O3. The molecule has 1 fully saturated rings. The maximum absolute atomic E-state index is 12.9. The van der Waals surface area contributed by atoms with Gasteiger partial charge in [0.2, 0.25) is 0 Å². The number of carbonyl (C=O) groups is 1. The zero-order valence-electron chi connectivity index (χ0n) is 20.7. The van der Waals surface area contributed by atoms with Crippen molar-refractivity contribution in [1.82, 2.24) is 14.8 Å². The number of amides is 1. The minimum Gasteiger partial charge on any atom is -0.497 e. The highest BCUT2D eigenvalue weighted by atomic mass is 16.5. The van der Waals surface area contributed by atoms with Gasteiger partial charge in [0.05, 0.1) is 7.11 Å². The summed E-state index contributed by atoms with van der Waals surface area (Å²) in [4.78, 5) is 15.4. The number of carbonyl (C=O) groups excluding carboxylic acids is 1. The molecule has 0 saturated carbocycles. The third-order valence-corrected chi connectivity index (χ3v) is 7.31. The summed E-state index contributed by atoms with van der Waals surface area (Å²) in [5.74, 6) is 2.38. The molecule has 0 bridgehead atoms. The third-order valence-electron chi connectivity index (χ3n) is 7.31. The summed E-state index contributed by atoms with van der Waals surface area (Å²) in [6.07, 6.45) is 3.16. The van der Waals surface area contributed by atoms with Gasteiger partial charge in [0.25, 0.3) is 5.91 Å². The molecule has 1 amide bonds. The molecule has 0 radical (unpaired) electrons. The number of nitrogens with one attached hydrogen (secondary N) is 1. The van der Waals surface area contributed by atoms with Crippen LogP contribution in [-0.2, 0) is 20.0 Å². The van der Waals surface area contributed by atoms with E-state index >= 15 is 0 Å². The van der Waals surface area contributed by atoms with Gasteiger partial charge in [-0.25, -0.2) is 0 Å². The van der Waals surface area contributed by atoms with Crippen molar-refractivity contribution >= 4 is 16.8 Å². The van der Waals surface area contributed by atoms with Crippen LogP contribution in [-0.4, -0.2) is 47.7 Å². The van der Waals surface area contributed by atoms with E-state index in [0.717, 1.165) is 67.8 Å². The SMILES string of the molecule is COc1ccc2c(c1)cc(C(=O)NCC1CCN(Cc3cccc4c3OC(C)(C)C4)CC1)n2C. The predicted molar refractivity (Wildman–Crippen MR) is 135 cm³/mol. The van der Waals surface area contributed by atoms with Crippen LogP contribution >= 0.6 is 0 Å². The smallest absolute Gasteiger partial charge is 0.267 e. The quantitative estimate of drug-likeness (QED) is 0.586. The summed E-state index contributed by atoms with van der Waals surface area (Å²) >= 11 is 0. The van der Waals surface area contributed by atoms with Crippen LogP contribution in [0.1, 0.15) is 48.3 Å². The van der Waals surface area contributed by atoms with Crippen molar-refractivity contribution in [2.24, 2.45) is 13.0 Å². The number of likely N-dealkylation sites (tertiary alicyclic amines) is 1. The van der Waals surface area contributed by atoms with E-state index in [1.54, 1.807) is 7.11 Å². The Morgan fingerprint density at radius 2 is 1.97 bits per heavy atom. The molecular weight excluding hydrogens is 426 g/mol. The molecule has 5 rings (SSSR count). The first-order valence-corrected chi connectivity index (χ1v) is 12.3. The van der Waals surface area contributed by atoms with E-state index in [9.17, 15) is 4.79 Å². The Balaban J connectivity index is 1.14. The van der Waals surface area contributed by atoms with Crippen LogP contribution in [0.5, 0.6) is 11.5 Å². The second-order valence-electron chi connectivity index (χ2n) is 10.4. The van der Waals surface area contributed by atoms with E-state index in [4.69, 9.17) is 9.47 Å². The number of para-hydroxylation sites is 1. The average Bonchev–Trinajstić information content (AvgIpc) is 3.33. The fraction of sp³-hybridized carbons (Fsp3) is 0.464. The Morgan fingerprint density at radius 1 is 1.18 bits per heavy atom. The minimum atomic E-state index is -0.111. The van der Waals surface area contributed by atoms with Crippen LogP contribution in [0.15, 0.2) is 42.5 Å². The molecule has 1 N–H and O–H groups in total. The summed E-state index contributed by atoms with van der Waals surface area (Å²) in [7, 11) is 3.59. The van der Waals surface area contributed by atoms with E-state index in [1.165, 1.54) is 11.1 Å². The van der Waals surface area contributed by atoms with Gasteiger partial charge in [-0.1, -0.05) is 18.2 Å². The molecule has 1 aromatic heterocycles. The molecule has 0 atom stereocenters. The molecule has 0 spiro atoms. The van der Waals surface area contributed by atoms with Gasteiger partial charge >= 0.3 is 0 Å². The fourth-order valence-corrected chi connectivity index (χ4v) is 5.39. The van der Waals surface area contributed by atoms with Gasteiger partial charge in [0, 0.05) is 43.0 Å². The number of fused-ring (bicyclic) bond motifs is 2. The zero-order valence-corrected chi connectivity index (χ0v) is 20.7. The van der Waals surface area contributed by atoms with Crippen molar-refractivity contribution in [2.75, 3.05) is 26.7 Å². The maximum Gasteiger partial charge on any atom is 0.267 e. The second kappa shape index (κ2) is 8.99. The van der Waals surface area contributed by atoms with Gasteiger partial charge in [-0.3, -0.25) is 9.69 Å². The standard InChI is InChI=1S/C28H35N3O3/c1-28(2)16-20-6-5-7-21(26(20)34-28)18-31-12-10-19(11-13-31)17-29-27(32)25-15-22-14-23(33-4)8-9-24(22)30(25)3/h5-9,14-15,19H,10-13,16-18H2,1-4H3,(H,29,32). The molecule has 2 aliphatic heterocycles. The van der Waals surface area contributed by atoms with Crippen LogP contribution in [0, 0.1) is 5.92 Å². The van der Waals surface area contributed by atoms with Crippen molar-refractivity contribution in [3.8, 4) is 11.5 Å². The Bertz CT molecular complexity index is 1210. The highest BCUT2D eigenvalue weighted by Crippen LogP contribution is 2.38. The third kappa shape index (κ3) is 4.51. The first kappa shape index (κ1) is 22.8. The summed E-state index contributed by atoms with van der Waals surface area (Å²) in [6, 6.07) is 14.4. The summed E-state index contributed by atoms with van der Waals surface area (Å²) in [5.41, 5.74) is 4.22. The number of methoxy groups -OCH3 is 1. The second-order valence-corrected chi connectivity index (χ2v) is 10.4. The first-order chi connectivity index (χ1) is 16.3. The van der Waals surface area contributed by atoms with Crippen LogP contribution in [0.4, 0.5) is 0 Å². The van der Waals surface area contributed by atoms with E-state index in [2.05, 4.69) is 42.3 Å². The Labute approximate surface area is 201 Å². The Morgan fingerprint density at radius 3 is 2.74 bits per heavy atom. The van der Waals surface area contributed by atoms with Crippen molar-refractivity contribution in [3.63, 3.8) is 0 Å². The van der Waals surface area contributed by atoms with Crippen LogP contribution in [0.25, 0.3) is 10.9 Å². The van der Waals surface area contributed by atoms with E-state index in [-0.39, 0.29) is 11.5 Å². The van der Waals surface area contributed by atoms with Gasteiger partial charge in [-0.05, 0) is 75.5 Å². The lowest BCUT2D eigenvalue weighted by atomic mass is 9.96. The van der Waals surface area contributed by atoms with Crippen molar-refractivity contribution in [2.45, 2.75) is 45.3 Å². The lowest BCUT2D eigenvalue weighted by Gasteiger charge is -2.32. The highest BCUT2D eigenvalue weighted by Gasteiger charge is 2.32. The Hall–Kier alpha value is -2.99. The number of nitrogens with zero attached hydrogens (tertiary/aromatic N) is 2. The average molecular weight is 462 g/mol. The number of piperidine rings is 1. The predicted octanol–water partition coefficient (Wildman–Crippen LogP) is 4.54. The van der Waals surface area contributed by atoms with Crippen LogP contribution < -0.4 is 14.8 Å². The number of ether oxygens (including phenoxy) is 2. The maximum atomic E-state index is 12.9. The summed E-state index contributed by atoms with van der Waals surface area (Å²) in [6.45, 7) is 8.05. The Kier molecular flexibility index (Phi) is 6.02. The van der Waals surface area contributed by atoms with Gasteiger partial charge in [-0.2, -0.15) is 0 Å². The molecule has 6 heteroatoms. The molecule has 3 aromatic rings. The molecule has 34 heavy (non-hydrogen) atoms. The fourth-order valence-electron chi connectivity index (χ4n) is 5.39. The van der Waals surface area contributed by atoms with Gasteiger partial charge in [0.15, 0.2) is 0 Å². The van der Waals surface area contributed by atoms with E-state index in [0.29, 0.717) is 11.6 Å². The lowest BCUT2D eigenvalue weighted by molar-refractivity contribution is 0.0926. The molecule has 0 aliphatic carbocycles. The van der Waals surface area contributed by atoms with Crippen molar-refractivity contribution in [3.05, 3.63) is 59.3 Å². The topological polar surface area (TPSA) is 55.7 Å². The highest BCUT2D eigenvalue weighted by molar-refractivity contribution is 5.99.